The van der Waals surface area contributed by atoms with E-state index >= 15 is 0 Å². The Morgan fingerprint density at radius 3 is 2.63 bits per heavy atom. The van der Waals surface area contributed by atoms with Gasteiger partial charge in [0, 0.05) is 0 Å². The summed E-state index contributed by atoms with van der Waals surface area (Å²) in [5.41, 5.74) is 2.54. The molecular formula is C18H28O. The van der Waals surface area contributed by atoms with Crippen LogP contribution in [0.5, 0.6) is 0 Å². The molecule has 0 saturated heterocycles. The number of fused-ring (bicyclic) bond motifs is 1. The minimum atomic E-state index is -0.222. The second kappa shape index (κ2) is 7.69. The fraction of sp³-hybridized carbons (Fsp3) is 0.667. The lowest BCUT2D eigenvalue weighted by atomic mass is 9.79. The lowest BCUT2D eigenvalue weighted by Crippen LogP contribution is -2.20. The van der Waals surface area contributed by atoms with Gasteiger partial charge < -0.3 is 5.11 Å². The van der Waals surface area contributed by atoms with Gasteiger partial charge in [-0.05, 0) is 36.3 Å². The third-order valence-electron chi connectivity index (χ3n) is 4.53. The Balaban J connectivity index is 1.74. The fourth-order valence-electron chi connectivity index (χ4n) is 3.29. The molecule has 0 saturated carbocycles. The summed E-state index contributed by atoms with van der Waals surface area (Å²) in [4.78, 5) is 0. The molecule has 1 aliphatic carbocycles. The summed E-state index contributed by atoms with van der Waals surface area (Å²) in [7, 11) is 0. The number of rotatable bonds is 7. The summed E-state index contributed by atoms with van der Waals surface area (Å²) < 4.78 is 0. The minimum absolute atomic E-state index is 0.222. The summed E-state index contributed by atoms with van der Waals surface area (Å²) in [5.74, 6) is 0.487. The van der Waals surface area contributed by atoms with Gasteiger partial charge in [0.25, 0.3) is 0 Å². The zero-order valence-corrected chi connectivity index (χ0v) is 12.3. The lowest BCUT2D eigenvalue weighted by Gasteiger charge is -2.30. The molecule has 2 rings (SSSR count). The maximum atomic E-state index is 10.5. The third-order valence-corrected chi connectivity index (χ3v) is 4.53. The van der Waals surface area contributed by atoms with Gasteiger partial charge in [0.2, 0.25) is 0 Å². The van der Waals surface area contributed by atoms with Crippen LogP contribution in [0.15, 0.2) is 24.3 Å². The Morgan fingerprint density at radius 2 is 1.79 bits per heavy atom. The van der Waals surface area contributed by atoms with Crippen LogP contribution < -0.4 is 0 Å². The summed E-state index contributed by atoms with van der Waals surface area (Å²) >= 11 is 0. The largest absolute Gasteiger partial charge is 0.388 e. The third kappa shape index (κ3) is 4.07. The van der Waals surface area contributed by atoms with E-state index in [-0.39, 0.29) is 6.10 Å². The highest BCUT2D eigenvalue weighted by Gasteiger charge is 2.26. The molecule has 0 fully saturated rings. The van der Waals surface area contributed by atoms with Gasteiger partial charge in [0.1, 0.15) is 0 Å². The van der Waals surface area contributed by atoms with Crippen LogP contribution >= 0.6 is 0 Å². The number of hydrogen-bond donors (Lipinski definition) is 1. The molecule has 2 atom stereocenters. The van der Waals surface area contributed by atoms with E-state index in [9.17, 15) is 5.11 Å². The normalized spacial score (nSPS) is 22.2. The number of unbranched alkanes of at least 4 members (excludes halogenated alkanes) is 5. The number of benzene rings is 1. The minimum Gasteiger partial charge on any atom is -0.388 e. The van der Waals surface area contributed by atoms with Crippen molar-refractivity contribution in [1.82, 2.24) is 0 Å². The Kier molecular flexibility index (Phi) is 5.91. The standard InChI is InChI=1S/C18H28O/c1-2-3-4-5-6-7-11-16-14-13-15-10-8-9-12-17(15)18(16)19/h8-10,12,16,18-19H,2-7,11,13-14H2,1H3. The van der Waals surface area contributed by atoms with Gasteiger partial charge in [-0.2, -0.15) is 0 Å². The van der Waals surface area contributed by atoms with Gasteiger partial charge in [-0.15, -0.1) is 0 Å². The Morgan fingerprint density at radius 1 is 1.05 bits per heavy atom. The summed E-state index contributed by atoms with van der Waals surface area (Å²) in [6.07, 6.45) is 11.3. The highest BCUT2D eigenvalue weighted by Crippen LogP contribution is 2.37. The molecule has 1 aromatic carbocycles. The zero-order chi connectivity index (χ0) is 13.5. The average molecular weight is 260 g/mol. The molecule has 19 heavy (non-hydrogen) atoms. The van der Waals surface area contributed by atoms with Crippen LogP contribution in [0.3, 0.4) is 0 Å². The van der Waals surface area contributed by atoms with Crippen LogP contribution in [0, 0.1) is 5.92 Å². The highest BCUT2D eigenvalue weighted by atomic mass is 16.3. The lowest BCUT2D eigenvalue weighted by molar-refractivity contribution is 0.0868. The Labute approximate surface area is 118 Å². The van der Waals surface area contributed by atoms with Crippen molar-refractivity contribution in [3.63, 3.8) is 0 Å². The second-order valence-electron chi connectivity index (χ2n) is 6.00. The summed E-state index contributed by atoms with van der Waals surface area (Å²) in [6, 6.07) is 8.40. The van der Waals surface area contributed by atoms with Crippen LogP contribution in [0.1, 0.15) is 75.5 Å². The van der Waals surface area contributed by atoms with Gasteiger partial charge in [-0.3, -0.25) is 0 Å². The molecule has 1 aromatic rings. The number of aryl methyl sites for hydroxylation is 1. The molecule has 0 heterocycles. The predicted molar refractivity (Wildman–Crippen MR) is 81.2 cm³/mol. The average Bonchev–Trinajstić information content (AvgIpc) is 2.45. The van der Waals surface area contributed by atoms with Crippen molar-refractivity contribution in [1.29, 1.82) is 0 Å². The first-order valence-corrected chi connectivity index (χ1v) is 8.08. The maximum Gasteiger partial charge on any atom is 0.0820 e. The van der Waals surface area contributed by atoms with E-state index in [0.29, 0.717) is 5.92 Å². The van der Waals surface area contributed by atoms with Gasteiger partial charge in [-0.25, -0.2) is 0 Å². The molecule has 1 aliphatic rings. The molecule has 1 N–H and O–H groups in total. The van der Waals surface area contributed by atoms with Crippen molar-refractivity contribution < 1.29 is 5.11 Å². The van der Waals surface area contributed by atoms with E-state index in [1.807, 2.05) is 0 Å². The molecule has 0 spiro atoms. The molecular weight excluding hydrogens is 232 g/mol. The van der Waals surface area contributed by atoms with E-state index in [2.05, 4.69) is 31.2 Å². The molecule has 0 aromatic heterocycles. The quantitative estimate of drug-likeness (QED) is 0.681. The first-order chi connectivity index (χ1) is 9.33. The molecule has 2 unspecified atom stereocenters. The predicted octanol–water partition coefficient (Wildman–Crippen LogP) is 5.03. The van der Waals surface area contributed by atoms with E-state index < -0.39 is 0 Å². The highest BCUT2D eigenvalue weighted by molar-refractivity contribution is 5.31. The van der Waals surface area contributed by atoms with E-state index in [1.54, 1.807) is 0 Å². The van der Waals surface area contributed by atoms with Gasteiger partial charge >= 0.3 is 0 Å². The Hall–Kier alpha value is -0.820. The van der Waals surface area contributed by atoms with Crippen LogP contribution in [-0.2, 0) is 6.42 Å². The van der Waals surface area contributed by atoms with E-state index in [0.717, 1.165) is 12.8 Å². The summed E-state index contributed by atoms with van der Waals surface area (Å²) in [6.45, 7) is 2.26. The van der Waals surface area contributed by atoms with Crippen LogP contribution in [0.25, 0.3) is 0 Å². The SMILES string of the molecule is CCCCCCCCC1CCc2ccccc2C1O. The molecule has 106 valence electrons. The second-order valence-corrected chi connectivity index (χ2v) is 6.00. The molecule has 0 amide bonds. The number of aliphatic hydroxyl groups excluding tert-OH is 1. The van der Waals surface area contributed by atoms with Crippen molar-refractivity contribution in [3.05, 3.63) is 35.4 Å². The Bertz CT molecular complexity index is 372. The molecule has 1 nitrogen and oxygen atoms in total. The van der Waals surface area contributed by atoms with Crippen molar-refractivity contribution in [2.24, 2.45) is 5.92 Å². The topological polar surface area (TPSA) is 20.2 Å². The van der Waals surface area contributed by atoms with Gasteiger partial charge in [0.05, 0.1) is 6.10 Å². The number of aliphatic hydroxyl groups is 1. The van der Waals surface area contributed by atoms with Crippen molar-refractivity contribution in [2.75, 3.05) is 0 Å². The molecule has 1 heteroatoms. The smallest absolute Gasteiger partial charge is 0.0820 e. The maximum absolute atomic E-state index is 10.5. The first-order valence-electron chi connectivity index (χ1n) is 8.08. The van der Waals surface area contributed by atoms with Crippen molar-refractivity contribution in [3.8, 4) is 0 Å². The van der Waals surface area contributed by atoms with Crippen molar-refractivity contribution in [2.45, 2.75) is 70.8 Å². The monoisotopic (exact) mass is 260 g/mol. The van der Waals surface area contributed by atoms with Crippen molar-refractivity contribution >= 4 is 0 Å². The molecule has 0 radical (unpaired) electrons. The van der Waals surface area contributed by atoms with E-state index in [1.165, 1.54) is 56.1 Å². The summed E-state index contributed by atoms with van der Waals surface area (Å²) in [5, 5.41) is 10.5. The van der Waals surface area contributed by atoms with E-state index in [4.69, 9.17) is 0 Å². The van der Waals surface area contributed by atoms with Crippen LogP contribution in [-0.4, -0.2) is 5.11 Å². The fourth-order valence-corrected chi connectivity index (χ4v) is 3.29. The van der Waals surface area contributed by atoms with Gasteiger partial charge in [0.15, 0.2) is 0 Å². The zero-order valence-electron chi connectivity index (χ0n) is 12.3. The van der Waals surface area contributed by atoms with Crippen LogP contribution in [0.4, 0.5) is 0 Å². The van der Waals surface area contributed by atoms with Crippen LogP contribution in [0.2, 0.25) is 0 Å². The van der Waals surface area contributed by atoms with Gasteiger partial charge in [-0.1, -0.05) is 69.7 Å². The molecule has 0 aliphatic heterocycles. The molecule has 0 bridgehead atoms. The first kappa shape index (κ1) is 14.6. The number of hydrogen-bond acceptors (Lipinski definition) is 1.